The minimum absolute atomic E-state index is 0.185. The van der Waals surface area contributed by atoms with Gasteiger partial charge >= 0.3 is 11.7 Å². The van der Waals surface area contributed by atoms with Gasteiger partial charge in [0.1, 0.15) is 11.4 Å². The molecule has 1 heterocycles. The van der Waals surface area contributed by atoms with Crippen LogP contribution in [-0.2, 0) is 16.1 Å². The van der Waals surface area contributed by atoms with Crippen LogP contribution in [0.3, 0.4) is 0 Å². The normalized spacial score (nSPS) is 24.0. The minimum Gasteiger partial charge on any atom is -0.457 e. The maximum Gasteiger partial charge on any atom is 0.329 e. The van der Waals surface area contributed by atoms with Crippen LogP contribution in [0.4, 0.5) is 5.82 Å². The van der Waals surface area contributed by atoms with Crippen LogP contribution in [0.1, 0.15) is 55.8 Å². The molecule has 26 heavy (non-hydrogen) atoms. The summed E-state index contributed by atoms with van der Waals surface area (Å²) in [6.45, 7) is 1.58. The third-order valence-corrected chi connectivity index (χ3v) is 5.64. The number of aromatic nitrogens is 2. The van der Waals surface area contributed by atoms with Gasteiger partial charge in [-0.05, 0) is 43.4 Å². The first-order valence-corrected chi connectivity index (χ1v) is 9.22. The predicted molar refractivity (Wildman–Crippen MR) is 94.9 cm³/mol. The maximum atomic E-state index is 12.3. The van der Waals surface area contributed by atoms with E-state index in [-0.39, 0.29) is 17.9 Å². The van der Waals surface area contributed by atoms with Crippen LogP contribution in [0, 0.1) is 17.8 Å². The summed E-state index contributed by atoms with van der Waals surface area (Å²) >= 11 is 0. The van der Waals surface area contributed by atoms with Crippen molar-refractivity contribution in [3.05, 3.63) is 26.4 Å². The van der Waals surface area contributed by atoms with E-state index in [1.165, 1.54) is 19.3 Å². The SMILES string of the molecule is CCCn1c(N)c(C(=O)COC(=O)C[C@H]2C[C@H]3CC[C@@H]2C3)c(=O)[nH]c1=O. The quantitative estimate of drug-likeness (QED) is 0.552. The van der Waals surface area contributed by atoms with E-state index in [0.717, 1.165) is 16.9 Å². The van der Waals surface area contributed by atoms with Gasteiger partial charge in [0.05, 0.1) is 0 Å². The number of Topliss-reactive ketones (excluding diaryl/α,β-unsaturated/α-hetero) is 1. The number of anilines is 1. The van der Waals surface area contributed by atoms with E-state index in [4.69, 9.17) is 10.5 Å². The fourth-order valence-electron chi connectivity index (χ4n) is 4.42. The molecule has 0 aliphatic heterocycles. The van der Waals surface area contributed by atoms with Gasteiger partial charge in [-0.1, -0.05) is 13.3 Å². The smallest absolute Gasteiger partial charge is 0.329 e. The number of H-pyrrole nitrogens is 1. The molecule has 8 nitrogen and oxygen atoms in total. The van der Waals surface area contributed by atoms with Gasteiger partial charge in [0.2, 0.25) is 5.78 Å². The Morgan fingerprint density at radius 3 is 2.65 bits per heavy atom. The van der Waals surface area contributed by atoms with Gasteiger partial charge in [0, 0.05) is 13.0 Å². The molecule has 142 valence electrons. The second-order valence-corrected chi connectivity index (χ2v) is 7.39. The number of ether oxygens (including phenoxy) is 1. The van der Waals surface area contributed by atoms with Crippen molar-refractivity contribution in [2.24, 2.45) is 17.8 Å². The predicted octanol–water partition coefficient (Wildman–Crippen LogP) is 1.08. The third kappa shape index (κ3) is 3.59. The number of hydrogen-bond acceptors (Lipinski definition) is 6. The van der Waals surface area contributed by atoms with Crippen LogP contribution >= 0.6 is 0 Å². The fraction of sp³-hybridized carbons (Fsp3) is 0.667. The number of aromatic amines is 1. The van der Waals surface area contributed by atoms with Gasteiger partial charge in [-0.25, -0.2) is 4.79 Å². The molecule has 2 aliphatic rings. The molecule has 2 fully saturated rings. The Labute approximate surface area is 150 Å². The standard InChI is InChI=1S/C18H25N3O5/c1-2-5-21-16(19)15(17(24)20-18(21)25)13(22)9-26-14(23)8-12-7-10-3-4-11(12)6-10/h10-12H,2-9,19H2,1H3,(H,20,24,25)/t10-,11+,12+/m0/s1. The van der Waals surface area contributed by atoms with E-state index < -0.39 is 29.6 Å². The maximum absolute atomic E-state index is 12.3. The molecule has 0 aromatic carbocycles. The lowest BCUT2D eigenvalue weighted by Gasteiger charge is -2.20. The molecular weight excluding hydrogens is 338 g/mol. The number of nitrogens with zero attached hydrogens (tertiary/aromatic N) is 1. The van der Waals surface area contributed by atoms with E-state index in [9.17, 15) is 19.2 Å². The van der Waals surface area contributed by atoms with Crippen molar-refractivity contribution in [3.63, 3.8) is 0 Å². The molecule has 3 rings (SSSR count). The average molecular weight is 363 g/mol. The number of fused-ring (bicyclic) bond motifs is 2. The largest absolute Gasteiger partial charge is 0.457 e. The highest BCUT2D eigenvalue weighted by molar-refractivity contribution is 6.01. The Bertz CT molecular complexity index is 825. The van der Waals surface area contributed by atoms with E-state index in [1.807, 2.05) is 6.92 Å². The second kappa shape index (κ2) is 7.47. The first-order valence-electron chi connectivity index (χ1n) is 9.22. The van der Waals surface area contributed by atoms with Crippen LogP contribution in [0.15, 0.2) is 9.59 Å². The van der Waals surface area contributed by atoms with Gasteiger partial charge in [0.15, 0.2) is 6.61 Å². The number of carbonyl (C=O) groups is 2. The summed E-state index contributed by atoms with van der Waals surface area (Å²) in [6.07, 6.45) is 5.61. The Morgan fingerprint density at radius 2 is 2.04 bits per heavy atom. The van der Waals surface area contributed by atoms with Crippen molar-refractivity contribution in [2.45, 2.75) is 52.0 Å². The first kappa shape index (κ1) is 18.4. The molecule has 0 saturated heterocycles. The van der Waals surface area contributed by atoms with Gasteiger partial charge in [-0.3, -0.25) is 23.9 Å². The van der Waals surface area contributed by atoms with E-state index in [2.05, 4.69) is 4.98 Å². The Balaban J connectivity index is 1.63. The number of esters is 1. The van der Waals surface area contributed by atoms with E-state index >= 15 is 0 Å². The summed E-state index contributed by atoms with van der Waals surface area (Å²) in [5, 5.41) is 0. The summed E-state index contributed by atoms with van der Waals surface area (Å²) in [6, 6.07) is 0. The first-order chi connectivity index (χ1) is 12.4. The number of nitrogen functional groups attached to an aromatic ring is 1. The Kier molecular flexibility index (Phi) is 5.29. The molecule has 2 aliphatic carbocycles. The zero-order valence-electron chi connectivity index (χ0n) is 15.0. The summed E-state index contributed by atoms with van der Waals surface area (Å²) in [5.74, 6) is 0.366. The van der Waals surface area contributed by atoms with Crippen LogP contribution in [-0.4, -0.2) is 27.9 Å². The van der Waals surface area contributed by atoms with Crippen LogP contribution < -0.4 is 17.0 Å². The molecular formula is C18H25N3O5. The molecule has 0 amide bonds. The molecule has 0 spiro atoms. The highest BCUT2D eigenvalue weighted by Crippen LogP contribution is 2.49. The topological polar surface area (TPSA) is 124 Å². The number of carbonyl (C=O) groups excluding carboxylic acids is 2. The molecule has 0 radical (unpaired) electrons. The van der Waals surface area contributed by atoms with E-state index in [1.54, 1.807) is 0 Å². The highest BCUT2D eigenvalue weighted by Gasteiger charge is 2.40. The van der Waals surface area contributed by atoms with Crippen molar-refractivity contribution in [1.29, 1.82) is 0 Å². The third-order valence-electron chi connectivity index (χ3n) is 5.64. The van der Waals surface area contributed by atoms with Crippen molar-refractivity contribution in [3.8, 4) is 0 Å². The second-order valence-electron chi connectivity index (χ2n) is 7.39. The summed E-state index contributed by atoms with van der Waals surface area (Å²) < 4.78 is 6.23. The zero-order chi connectivity index (χ0) is 18.8. The molecule has 1 aromatic heterocycles. The van der Waals surface area contributed by atoms with Crippen molar-refractivity contribution < 1.29 is 14.3 Å². The van der Waals surface area contributed by atoms with E-state index in [0.29, 0.717) is 24.7 Å². The average Bonchev–Trinajstić information content (AvgIpc) is 3.19. The molecule has 0 unspecified atom stereocenters. The lowest BCUT2D eigenvalue weighted by atomic mass is 9.86. The highest BCUT2D eigenvalue weighted by atomic mass is 16.5. The molecule has 2 bridgehead atoms. The molecule has 3 atom stereocenters. The number of nitrogens with one attached hydrogen (secondary N) is 1. The summed E-state index contributed by atoms with van der Waals surface area (Å²) in [4.78, 5) is 50.2. The summed E-state index contributed by atoms with van der Waals surface area (Å²) in [7, 11) is 0. The number of rotatable bonds is 7. The van der Waals surface area contributed by atoms with Crippen molar-refractivity contribution >= 4 is 17.6 Å². The number of hydrogen-bond donors (Lipinski definition) is 2. The number of ketones is 1. The molecule has 1 aromatic rings. The number of nitrogens with two attached hydrogens (primary N) is 1. The lowest BCUT2D eigenvalue weighted by Crippen LogP contribution is -2.37. The van der Waals surface area contributed by atoms with Crippen LogP contribution in [0.25, 0.3) is 0 Å². The van der Waals surface area contributed by atoms with Gasteiger partial charge in [-0.2, -0.15) is 0 Å². The minimum atomic E-state index is -0.853. The van der Waals surface area contributed by atoms with Crippen LogP contribution in [0.2, 0.25) is 0 Å². The van der Waals surface area contributed by atoms with Crippen molar-refractivity contribution in [1.82, 2.24) is 9.55 Å². The van der Waals surface area contributed by atoms with Crippen molar-refractivity contribution in [2.75, 3.05) is 12.3 Å². The Morgan fingerprint density at radius 1 is 1.27 bits per heavy atom. The lowest BCUT2D eigenvalue weighted by molar-refractivity contribution is -0.144. The fourth-order valence-corrected chi connectivity index (χ4v) is 4.42. The Hall–Kier alpha value is -2.38. The molecule has 2 saturated carbocycles. The molecule has 8 heteroatoms. The van der Waals surface area contributed by atoms with Gasteiger partial charge < -0.3 is 10.5 Å². The van der Waals surface area contributed by atoms with Crippen LogP contribution in [0.5, 0.6) is 0 Å². The molecule has 3 N–H and O–H groups in total. The van der Waals surface area contributed by atoms with Gasteiger partial charge in [0.25, 0.3) is 5.56 Å². The summed E-state index contributed by atoms with van der Waals surface area (Å²) in [5.41, 5.74) is 4.00. The zero-order valence-corrected chi connectivity index (χ0v) is 15.0. The van der Waals surface area contributed by atoms with Gasteiger partial charge in [-0.15, -0.1) is 0 Å². The monoisotopic (exact) mass is 363 g/mol.